The van der Waals surface area contributed by atoms with Crippen LogP contribution in [-0.2, 0) is 11.3 Å². The lowest BCUT2D eigenvalue weighted by atomic mass is 10.2. The van der Waals surface area contributed by atoms with E-state index in [1.807, 2.05) is 26.8 Å². The number of carbonyl (C=O) groups excluding carboxylic acids is 1. The molecule has 0 saturated carbocycles. The van der Waals surface area contributed by atoms with Crippen LogP contribution in [-0.4, -0.2) is 44.4 Å². The summed E-state index contributed by atoms with van der Waals surface area (Å²) in [5, 5.41) is 5.09. The average Bonchev–Trinajstić information content (AvgIpc) is 3.05. The molecule has 118 valence electrons. The summed E-state index contributed by atoms with van der Waals surface area (Å²) in [6.45, 7) is 8.64. The number of likely N-dealkylation sites (tertiary alicyclic amines) is 1. The van der Waals surface area contributed by atoms with E-state index in [9.17, 15) is 4.79 Å². The maximum atomic E-state index is 12.2. The fourth-order valence-corrected chi connectivity index (χ4v) is 2.74. The van der Waals surface area contributed by atoms with E-state index in [-0.39, 0.29) is 0 Å². The summed E-state index contributed by atoms with van der Waals surface area (Å²) in [4.78, 5) is 18.9. The van der Waals surface area contributed by atoms with Gasteiger partial charge in [-0.1, -0.05) is 0 Å². The second kappa shape index (κ2) is 5.68. The van der Waals surface area contributed by atoms with Gasteiger partial charge < -0.3 is 4.74 Å². The molecular formula is C16H22N4O2. The lowest BCUT2D eigenvalue weighted by molar-refractivity contribution is 0.0522. The summed E-state index contributed by atoms with van der Waals surface area (Å²) in [6.07, 6.45) is 5.46. The minimum absolute atomic E-state index is 0.492. The van der Waals surface area contributed by atoms with Crippen LogP contribution in [0.1, 0.15) is 39.2 Å². The van der Waals surface area contributed by atoms with Crippen LogP contribution < -0.4 is 0 Å². The van der Waals surface area contributed by atoms with Gasteiger partial charge in [0.15, 0.2) is 5.65 Å². The van der Waals surface area contributed by atoms with Gasteiger partial charge in [0, 0.05) is 18.1 Å². The van der Waals surface area contributed by atoms with Gasteiger partial charge in [-0.15, -0.1) is 4.68 Å². The van der Waals surface area contributed by atoms with Crippen molar-refractivity contribution in [1.82, 2.24) is 19.7 Å². The van der Waals surface area contributed by atoms with E-state index in [1.54, 1.807) is 12.4 Å². The summed E-state index contributed by atoms with van der Waals surface area (Å²) >= 11 is 0. The number of ether oxygens (including phenoxy) is 1. The third-order valence-corrected chi connectivity index (χ3v) is 3.72. The lowest BCUT2D eigenvalue weighted by Gasteiger charge is -2.19. The summed E-state index contributed by atoms with van der Waals surface area (Å²) in [6, 6.07) is 2.00. The SMILES string of the molecule is CC(C)(C)OC(=O)n1ncc2c(CN3CCCC3)ccnc21. The Morgan fingerprint density at radius 2 is 2.05 bits per heavy atom. The highest BCUT2D eigenvalue weighted by atomic mass is 16.6. The minimum atomic E-state index is -0.553. The number of carbonyl (C=O) groups is 1. The molecule has 2 aromatic rings. The number of hydrogen-bond acceptors (Lipinski definition) is 5. The van der Waals surface area contributed by atoms with Crippen molar-refractivity contribution in [2.24, 2.45) is 0 Å². The van der Waals surface area contributed by atoms with Crippen LogP contribution in [0.3, 0.4) is 0 Å². The van der Waals surface area contributed by atoms with Crippen molar-refractivity contribution in [3.63, 3.8) is 0 Å². The first-order valence-electron chi connectivity index (χ1n) is 7.71. The zero-order valence-electron chi connectivity index (χ0n) is 13.4. The van der Waals surface area contributed by atoms with Gasteiger partial charge in [0.1, 0.15) is 5.60 Å². The molecule has 0 atom stereocenters. The van der Waals surface area contributed by atoms with Gasteiger partial charge in [-0.25, -0.2) is 9.78 Å². The Morgan fingerprint density at radius 3 is 2.73 bits per heavy atom. The Morgan fingerprint density at radius 1 is 1.32 bits per heavy atom. The van der Waals surface area contributed by atoms with Crippen molar-refractivity contribution in [3.05, 3.63) is 24.0 Å². The molecule has 6 heteroatoms. The Labute approximate surface area is 130 Å². The van der Waals surface area contributed by atoms with Gasteiger partial charge in [0.05, 0.1) is 6.20 Å². The molecule has 3 heterocycles. The quantitative estimate of drug-likeness (QED) is 0.853. The normalized spacial score (nSPS) is 16.3. The predicted molar refractivity (Wildman–Crippen MR) is 83.7 cm³/mol. The molecule has 0 unspecified atom stereocenters. The second-order valence-corrected chi connectivity index (χ2v) is 6.73. The number of rotatable bonds is 2. The van der Waals surface area contributed by atoms with Gasteiger partial charge >= 0.3 is 6.09 Å². The molecule has 1 saturated heterocycles. The maximum Gasteiger partial charge on any atom is 0.437 e. The number of aromatic nitrogens is 3. The highest BCUT2D eigenvalue weighted by molar-refractivity contribution is 5.86. The van der Waals surface area contributed by atoms with Gasteiger partial charge in [-0.05, 0) is 58.3 Å². The van der Waals surface area contributed by atoms with Gasteiger partial charge in [-0.3, -0.25) is 4.90 Å². The molecule has 22 heavy (non-hydrogen) atoms. The Balaban J connectivity index is 1.89. The van der Waals surface area contributed by atoms with Gasteiger partial charge in [0.2, 0.25) is 0 Å². The third kappa shape index (κ3) is 3.11. The van der Waals surface area contributed by atoms with E-state index in [2.05, 4.69) is 15.0 Å². The monoisotopic (exact) mass is 302 g/mol. The van der Waals surface area contributed by atoms with Crippen molar-refractivity contribution in [2.75, 3.05) is 13.1 Å². The molecule has 0 amide bonds. The smallest absolute Gasteiger partial charge is 0.437 e. The van der Waals surface area contributed by atoms with Crippen LogP contribution in [0.15, 0.2) is 18.5 Å². The minimum Gasteiger partial charge on any atom is -0.442 e. The van der Waals surface area contributed by atoms with E-state index in [1.165, 1.54) is 17.5 Å². The van der Waals surface area contributed by atoms with Crippen LogP contribution in [0, 0.1) is 0 Å². The molecular weight excluding hydrogens is 280 g/mol. The third-order valence-electron chi connectivity index (χ3n) is 3.72. The van der Waals surface area contributed by atoms with Crippen LogP contribution in [0.5, 0.6) is 0 Å². The Bertz CT molecular complexity index is 681. The van der Waals surface area contributed by atoms with Gasteiger partial charge in [0.25, 0.3) is 0 Å². The first kappa shape index (κ1) is 15.0. The van der Waals surface area contributed by atoms with Crippen LogP contribution in [0.4, 0.5) is 4.79 Å². The summed E-state index contributed by atoms with van der Waals surface area (Å²) in [5.74, 6) is 0. The summed E-state index contributed by atoms with van der Waals surface area (Å²) in [5.41, 5.74) is 1.16. The molecule has 0 spiro atoms. The molecule has 0 radical (unpaired) electrons. The lowest BCUT2D eigenvalue weighted by Crippen LogP contribution is -2.27. The zero-order chi connectivity index (χ0) is 15.7. The summed E-state index contributed by atoms with van der Waals surface area (Å²) in [7, 11) is 0. The number of fused-ring (bicyclic) bond motifs is 1. The molecule has 1 aliphatic heterocycles. The molecule has 6 nitrogen and oxygen atoms in total. The molecule has 0 aromatic carbocycles. The highest BCUT2D eigenvalue weighted by Crippen LogP contribution is 2.21. The van der Waals surface area contributed by atoms with Crippen molar-refractivity contribution in [2.45, 2.75) is 45.8 Å². The van der Waals surface area contributed by atoms with Crippen LogP contribution in [0.25, 0.3) is 11.0 Å². The number of nitrogens with zero attached hydrogens (tertiary/aromatic N) is 4. The van der Waals surface area contributed by atoms with E-state index < -0.39 is 11.7 Å². The van der Waals surface area contributed by atoms with E-state index in [0.717, 1.165) is 30.6 Å². The van der Waals surface area contributed by atoms with Gasteiger partial charge in [-0.2, -0.15) is 5.10 Å². The topological polar surface area (TPSA) is 60.3 Å². The molecule has 2 aromatic heterocycles. The second-order valence-electron chi connectivity index (χ2n) is 6.73. The molecule has 3 rings (SSSR count). The molecule has 0 aliphatic carbocycles. The first-order valence-corrected chi connectivity index (χ1v) is 7.71. The van der Waals surface area contributed by atoms with E-state index >= 15 is 0 Å². The predicted octanol–water partition coefficient (Wildman–Crippen LogP) is 2.81. The number of pyridine rings is 1. The Hall–Kier alpha value is -1.95. The standard InChI is InChI=1S/C16H22N4O2/c1-16(2,3)22-15(21)20-14-13(10-18-20)12(6-7-17-14)11-19-8-4-5-9-19/h6-7,10H,4-5,8-9,11H2,1-3H3. The fraction of sp³-hybridized carbons (Fsp3) is 0.562. The van der Waals surface area contributed by atoms with E-state index in [4.69, 9.17) is 4.74 Å². The molecule has 0 bridgehead atoms. The maximum absolute atomic E-state index is 12.2. The largest absolute Gasteiger partial charge is 0.442 e. The van der Waals surface area contributed by atoms with Crippen molar-refractivity contribution in [1.29, 1.82) is 0 Å². The highest BCUT2D eigenvalue weighted by Gasteiger charge is 2.22. The van der Waals surface area contributed by atoms with Crippen molar-refractivity contribution >= 4 is 17.1 Å². The van der Waals surface area contributed by atoms with Crippen molar-refractivity contribution < 1.29 is 9.53 Å². The molecule has 1 fully saturated rings. The van der Waals surface area contributed by atoms with E-state index in [0.29, 0.717) is 5.65 Å². The molecule has 1 aliphatic rings. The van der Waals surface area contributed by atoms with Crippen LogP contribution >= 0.6 is 0 Å². The average molecular weight is 302 g/mol. The van der Waals surface area contributed by atoms with Crippen LogP contribution in [0.2, 0.25) is 0 Å². The first-order chi connectivity index (χ1) is 10.4. The Kier molecular flexibility index (Phi) is 3.87. The fourth-order valence-electron chi connectivity index (χ4n) is 2.74. The zero-order valence-corrected chi connectivity index (χ0v) is 13.4. The van der Waals surface area contributed by atoms with Crippen molar-refractivity contribution in [3.8, 4) is 0 Å². The molecule has 0 N–H and O–H groups in total. The number of hydrogen-bond donors (Lipinski definition) is 0. The summed E-state index contributed by atoms with van der Waals surface area (Å²) < 4.78 is 6.62.